The van der Waals surface area contributed by atoms with Crippen LogP contribution in [0, 0.1) is 11.3 Å². The minimum Gasteiger partial charge on any atom is -0.351 e. The SMILES string of the molecule is N#Cc1ccc(C(=O)NCCCCCI)nc1. The van der Waals surface area contributed by atoms with Gasteiger partial charge in [0.1, 0.15) is 11.8 Å². The normalized spacial score (nSPS) is 9.65. The molecule has 90 valence electrons. The third-order valence-corrected chi connectivity index (χ3v) is 2.98. The van der Waals surface area contributed by atoms with E-state index in [-0.39, 0.29) is 5.91 Å². The lowest BCUT2D eigenvalue weighted by Gasteiger charge is -2.03. The molecule has 1 N–H and O–H groups in total. The number of carbonyl (C=O) groups is 1. The molecule has 1 rings (SSSR count). The number of hydrogen-bond acceptors (Lipinski definition) is 3. The predicted molar refractivity (Wildman–Crippen MR) is 74.0 cm³/mol. The van der Waals surface area contributed by atoms with Crippen LogP contribution in [0.3, 0.4) is 0 Å². The molecule has 0 aliphatic carbocycles. The van der Waals surface area contributed by atoms with Crippen LogP contribution in [-0.4, -0.2) is 21.9 Å². The van der Waals surface area contributed by atoms with E-state index >= 15 is 0 Å². The highest BCUT2D eigenvalue weighted by Crippen LogP contribution is 2.00. The molecular formula is C12H14IN3O. The van der Waals surface area contributed by atoms with Crippen LogP contribution < -0.4 is 5.32 Å². The minimum absolute atomic E-state index is 0.177. The lowest BCUT2D eigenvalue weighted by atomic mass is 10.2. The number of amides is 1. The summed E-state index contributed by atoms with van der Waals surface area (Å²) in [5, 5.41) is 11.4. The molecule has 0 spiro atoms. The fourth-order valence-electron chi connectivity index (χ4n) is 1.28. The molecule has 0 unspecified atom stereocenters. The summed E-state index contributed by atoms with van der Waals surface area (Å²) in [5.41, 5.74) is 0.821. The molecule has 0 fully saturated rings. The smallest absolute Gasteiger partial charge is 0.269 e. The number of rotatable bonds is 6. The third kappa shape index (κ3) is 5.13. The van der Waals surface area contributed by atoms with Crippen molar-refractivity contribution >= 4 is 28.5 Å². The van der Waals surface area contributed by atoms with E-state index in [1.807, 2.05) is 6.07 Å². The summed E-state index contributed by atoms with van der Waals surface area (Å²) in [6.07, 6.45) is 4.71. The lowest BCUT2D eigenvalue weighted by molar-refractivity contribution is 0.0948. The molecule has 0 aliphatic rings. The number of nitrogens with zero attached hydrogens (tertiary/aromatic N) is 2. The molecule has 0 radical (unpaired) electrons. The lowest BCUT2D eigenvalue weighted by Crippen LogP contribution is -2.25. The molecule has 17 heavy (non-hydrogen) atoms. The first-order valence-corrected chi connectivity index (χ1v) is 7.01. The average molecular weight is 343 g/mol. The Hall–Kier alpha value is -1.16. The largest absolute Gasteiger partial charge is 0.351 e. The number of aromatic nitrogens is 1. The predicted octanol–water partition coefficient (Wildman–Crippen LogP) is 2.29. The van der Waals surface area contributed by atoms with Crippen LogP contribution in [0.25, 0.3) is 0 Å². The molecular weight excluding hydrogens is 329 g/mol. The van der Waals surface area contributed by atoms with Crippen LogP contribution in [0.1, 0.15) is 35.3 Å². The zero-order chi connectivity index (χ0) is 12.5. The van der Waals surface area contributed by atoms with Gasteiger partial charge in [0.25, 0.3) is 5.91 Å². The topological polar surface area (TPSA) is 65.8 Å². The van der Waals surface area contributed by atoms with Crippen LogP contribution in [0.5, 0.6) is 0 Å². The van der Waals surface area contributed by atoms with E-state index in [1.165, 1.54) is 12.6 Å². The maximum absolute atomic E-state index is 11.6. The summed E-state index contributed by atoms with van der Waals surface area (Å²) in [5.74, 6) is -0.177. The van der Waals surface area contributed by atoms with Gasteiger partial charge in [-0.2, -0.15) is 5.26 Å². The van der Waals surface area contributed by atoms with Gasteiger partial charge in [0.05, 0.1) is 5.56 Å². The van der Waals surface area contributed by atoms with Gasteiger partial charge >= 0.3 is 0 Å². The fraction of sp³-hybridized carbons (Fsp3) is 0.417. The Morgan fingerprint density at radius 2 is 2.24 bits per heavy atom. The third-order valence-electron chi connectivity index (χ3n) is 2.22. The Kier molecular flexibility index (Phi) is 6.55. The zero-order valence-electron chi connectivity index (χ0n) is 9.45. The molecule has 1 aromatic heterocycles. The second kappa shape index (κ2) is 8.01. The van der Waals surface area contributed by atoms with Gasteiger partial charge in [0.15, 0.2) is 0 Å². The highest BCUT2D eigenvalue weighted by atomic mass is 127. The monoisotopic (exact) mass is 343 g/mol. The maximum Gasteiger partial charge on any atom is 0.269 e. The van der Waals surface area contributed by atoms with Crippen molar-refractivity contribution in [3.8, 4) is 6.07 Å². The Morgan fingerprint density at radius 3 is 2.82 bits per heavy atom. The molecule has 0 atom stereocenters. The number of nitriles is 1. The summed E-state index contributed by atoms with van der Waals surface area (Å²) in [6, 6.07) is 5.13. The minimum atomic E-state index is -0.177. The highest BCUT2D eigenvalue weighted by molar-refractivity contribution is 14.1. The first-order chi connectivity index (χ1) is 8.27. The van der Waals surface area contributed by atoms with E-state index in [2.05, 4.69) is 32.9 Å². The number of carbonyl (C=O) groups excluding carboxylic acids is 1. The number of nitrogens with one attached hydrogen (secondary N) is 1. The zero-order valence-corrected chi connectivity index (χ0v) is 11.6. The highest BCUT2D eigenvalue weighted by Gasteiger charge is 2.05. The van der Waals surface area contributed by atoms with Crippen LogP contribution in [0.15, 0.2) is 18.3 Å². The number of unbranched alkanes of at least 4 members (excludes halogenated alkanes) is 2. The summed E-state index contributed by atoms with van der Waals surface area (Å²) >= 11 is 2.34. The Bertz CT molecular complexity index is 397. The molecule has 0 bridgehead atoms. The van der Waals surface area contributed by atoms with Crippen molar-refractivity contribution in [2.45, 2.75) is 19.3 Å². The van der Waals surface area contributed by atoms with Crippen molar-refractivity contribution in [2.75, 3.05) is 11.0 Å². The molecule has 1 amide bonds. The number of pyridine rings is 1. The molecule has 1 aromatic rings. The number of halogens is 1. The number of hydrogen-bond donors (Lipinski definition) is 1. The number of alkyl halides is 1. The molecule has 0 aliphatic heterocycles. The summed E-state index contributed by atoms with van der Waals surface area (Å²) in [6.45, 7) is 0.678. The van der Waals surface area contributed by atoms with Gasteiger partial charge in [-0.05, 0) is 29.4 Å². The van der Waals surface area contributed by atoms with Gasteiger partial charge in [0, 0.05) is 12.7 Å². The van der Waals surface area contributed by atoms with Crippen molar-refractivity contribution in [3.63, 3.8) is 0 Å². The summed E-state index contributed by atoms with van der Waals surface area (Å²) in [4.78, 5) is 15.5. The fourth-order valence-corrected chi connectivity index (χ4v) is 1.82. The second-order valence-corrected chi connectivity index (χ2v) is 4.63. The van der Waals surface area contributed by atoms with Crippen LogP contribution in [0.4, 0.5) is 0 Å². The molecule has 5 heteroatoms. The van der Waals surface area contributed by atoms with Gasteiger partial charge < -0.3 is 5.32 Å². The molecule has 4 nitrogen and oxygen atoms in total. The Labute approximate surface area is 115 Å². The first-order valence-electron chi connectivity index (χ1n) is 5.48. The molecule has 1 heterocycles. The van der Waals surface area contributed by atoms with Gasteiger partial charge in [0.2, 0.25) is 0 Å². The van der Waals surface area contributed by atoms with E-state index in [4.69, 9.17) is 5.26 Å². The van der Waals surface area contributed by atoms with Crippen molar-refractivity contribution in [3.05, 3.63) is 29.6 Å². The summed E-state index contributed by atoms with van der Waals surface area (Å²) < 4.78 is 1.16. The molecule has 0 saturated carbocycles. The van der Waals surface area contributed by atoms with Gasteiger partial charge in [-0.1, -0.05) is 29.0 Å². The second-order valence-electron chi connectivity index (χ2n) is 3.55. The average Bonchev–Trinajstić information content (AvgIpc) is 2.38. The Morgan fingerprint density at radius 1 is 1.41 bits per heavy atom. The van der Waals surface area contributed by atoms with E-state index in [9.17, 15) is 4.79 Å². The van der Waals surface area contributed by atoms with E-state index in [0.29, 0.717) is 17.8 Å². The standard InChI is InChI=1S/C12H14IN3O/c13-6-2-1-3-7-15-12(17)11-5-4-10(8-14)9-16-11/h4-5,9H,1-3,6-7H2,(H,15,17). The first kappa shape index (κ1) is 13.9. The molecule has 0 saturated heterocycles. The van der Waals surface area contributed by atoms with E-state index in [1.54, 1.807) is 12.1 Å². The maximum atomic E-state index is 11.6. The van der Waals surface area contributed by atoms with Crippen molar-refractivity contribution in [1.29, 1.82) is 5.26 Å². The van der Waals surface area contributed by atoms with Crippen LogP contribution >= 0.6 is 22.6 Å². The molecule has 0 aromatic carbocycles. The van der Waals surface area contributed by atoms with Crippen LogP contribution in [-0.2, 0) is 0 Å². The summed E-state index contributed by atoms with van der Waals surface area (Å²) in [7, 11) is 0. The quantitative estimate of drug-likeness (QED) is 0.490. The van der Waals surface area contributed by atoms with Crippen molar-refractivity contribution in [2.24, 2.45) is 0 Å². The van der Waals surface area contributed by atoms with Gasteiger partial charge in [-0.3, -0.25) is 4.79 Å². The van der Waals surface area contributed by atoms with Crippen molar-refractivity contribution < 1.29 is 4.79 Å². The van der Waals surface area contributed by atoms with Gasteiger partial charge in [-0.15, -0.1) is 0 Å². The van der Waals surface area contributed by atoms with Gasteiger partial charge in [-0.25, -0.2) is 4.98 Å². The van der Waals surface area contributed by atoms with Crippen molar-refractivity contribution in [1.82, 2.24) is 10.3 Å². The van der Waals surface area contributed by atoms with Crippen LogP contribution in [0.2, 0.25) is 0 Å². The Balaban J connectivity index is 2.34. The van der Waals surface area contributed by atoms with E-state index in [0.717, 1.165) is 17.3 Å². The van der Waals surface area contributed by atoms with E-state index < -0.39 is 0 Å².